The molecule has 3 fully saturated rings. The molecular weight excluding hydrogens is 504 g/mol. The van der Waals surface area contributed by atoms with Crippen molar-refractivity contribution in [1.82, 2.24) is 10.3 Å². The first kappa shape index (κ1) is 24.9. The molecule has 3 aliphatic rings. The summed E-state index contributed by atoms with van der Waals surface area (Å²) in [6.45, 7) is 1.71. The van der Waals surface area contributed by atoms with Crippen LogP contribution in [0.1, 0.15) is 37.2 Å². The van der Waals surface area contributed by atoms with Crippen LogP contribution in [0.25, 0.3) is 10.8 Å². The lowest BCUT2D eigenvalue weighted by Crippen LogP contribution is -2.61. The lowest BCUT2D eigenvalue weighted by molar-refractivity contribution is -0.124. The van der Waals surface area contributed by atoms with Gasteiger partial charge in [0.1, 0.15) is 5.75 Å². The number of benzene rings is 2. The van der Waals surface area contributed by atoms with Crippen LogP contribution < -0.4 is 19.9 Å². The predicted molar refractivity (Wildman–Crippen MR) is 147 cm³/mol. The third-order valence-corrected chi connectivity index (χ3v) is 8.69. The SMILES string of the molecule is COc1ccc(Cl)c(C2CCC3C(=O)N(c4cncc5ccc(N6CC[C@H](OC)C6)cc45)C(=O)NC3C2)c1. The Hall–Kier alpha value is -3.36. The molecule has 3 heterocycles. The molecule has 4 atom stereocenters. The molecule has 38 heavy (non-hydrogen) atoms. The van der Waals surface area contributed by atoms with Gasteiger partial charge in [-0.1, -0.05) is 17.7 Å². The number of halogens is 1. The highest BCUT2D eigenvalue weighted by Gasteiger charge is 2.45. The Balaban J connectivity index is 1.27. The van der Waals surface area contributed by atoms with Gasteiger partial charge in [-0.3, -0.25) is 9.78 Å². The Kier molecular flexibility index (Phi) is 6.61. The highest BCUT2D eigenvalue weighted by Crippen LogP contribution is 2.43. The van der Waals surface area contributed by atoms with Crippen molar-refractivity contribution in [3.63, 3.8) is 0 Å². The number of pyridine rings is 1. The van der Waals surface area contributed by atoms with Gasteiger partial charge in [0.2, 0.25) is 5.91 Å². The Labute approximate surface area is 226 Å². The summed E-state index contributed by atoms with van der Waals surface area (Å²) in [6.07, 6.45) is 6.67. The van der Waals surface area contributed by atoms with Crippen LogP contribution in [-0.2, 0) is 9.53 Å². The summed E-state index contributed by atoms with van der Waals surface area (Å²) >= 11 is 6.52. The summed E-state index contributed by atoms with van der Waals surface area (Å²) in [4.78, 5) is 35.2. The van der Waals surface area contributed by atoms with Crippen molar-refractivity contribution in [3.05, 3.63) is 59.4 Å². The molecule has 3 aromatic rings. The number of amides is 3. The summed E-state index contributed by atoms with van der Waals surface area (Å²) in [5, 5.41) is 5.52. The standard InChI is InChI=1S/C29H31ClN4O4/c1-37-20-6-8-25(30)23(13-20)17-4-7-22-26(11-17)32-29(36)34(28(22)35)27-15-31-14-18-3-5-19(12-24(18)27)33-10-9-21(16-33)38-2/h3,5-6,8,12-15,17,21-22,26H,4,7,9-11,16H2,1-2H3,(H,32,36)/t17?,21-,22?,26?/m0/s1. The first-order chi connectivity index (χ1) is 18.5. The Morgan fingerprint density at radius 3 is 2.71 bits per heavy atom. The fraction of sp³-hybridized carbons (Fsp3) is 0.414. The highest BCUT2D eigenvalue weighted by molar-refractivity contribution is 6.31. The van der Waals surface area contributed by atoms with E-state index in [-0.39, 0.29) is 29.9 Å². The number of hydrogen-bond acceptors (Lipinski definition) is 6. The van der Waals surface area contributed by atoms with Gasteiger partial charge in [-0.2, -0.15) is 0 Å². The number of urea groups is 1. The zero-order chi connectivity index (χ0) is 26.4. The maximum Gasteiger partial charge on any atom is 0.329 e. The van der Waals surface area contributed by atoms with Crippen molar-refractivity contribution in [2.75, 3.05) is 37.1 Å². The predicted octanol–water partition coefficient (Wildman–Crippen LogP) is 5.13. The molecule has 8 nitrogen and oxygen atoms in total. The van der Waals surface area contributed by atoms with E-state index in [1.54, 1.807) is 26.6 Å². The number of ether oxygens (including phenoxy) is 2. The average Bonchev–Trinajstić information content (AvgIpc) is 3.42. The molecule has 0 spiro atoms. The smallest absolute Gasteiger partial charge is 0.329 e. The summed E-state index contributed by atoms with van der Waals surface area (Å²) in [6, 6.07) is 11.1. The van der Waals surface area contributed by atoms with E-state index in [2.05, 4.69) is 27.3 Å². The van der Waals surface area contributed by atoms with Crippen molar-refractivity contribution in [1.29, 1.82) is 0 Å². The number of aromatic nitrogens is 1. The molecule has 198 valence electrons. The number of anilines is 2. The van der Waals surface area contributed by atoms with Gasteiger partial charge in [0, 0.05) is 53.9 Å². The molecule has 3 amide bonds. The number of nitrogens with one attached hydrogen (secondary N) is 1. The Bertz CT molecular complexity index is 1400. The largest absolute Gasteiger partial charge is 0.497 e. The summed E-state index contributed by atoms with van der Waals surface area (Å²) in [5.74, 6) is 0.412. The first-order valence-electron chi connectivity index (χ1n) is 13.1. The van der Waals surface area contributed by atoms with Gasteiger partial charge >= 0.3 is 6.03 Å². The fourth-order valence-electron chi connectivity index (χ4n) is 6.25. The van der Waals surface area contributed by atoms with Crippen LogP contribution in [-0.4, -0.2) is 56.4 Å². The van der Waals surface area contributed by atoms with Gasteiger partial charge in [-0.15, -0.1) is 0 Å². The fourth-order valence-corrected chi connectivity index (χ4v) is 6.53. The molecule has 0 bridgehead atoms. The maximum absolute atomic E-state index is 13.8. The average molecular weight is 535 g/mol. The quantitative estimate of drug-likeness (QED) is 0.488. The number of carbonyl (C=O) groups excluding carboxylic acids is 2. The molecule has 0 radical (unpaired) electrons. The van der Waals surface area contributed by atoms with Crippen LogP contribution in [0.5, 0.6) is 5.75 Å². The second kappa shape index (κ2) is 10.1. The molecule has 1 N–H and O–H groups in total. The lowest BCUT2D eigenvalue weighted by Gasteiger charge is -2.42. The van der Waals surface area contributed by atoms with Crippen molar-refractivity contribution >= 4 is 45.7 Å². The number of fused-ring (bicyclic) bond motifs is 2. The van der Waals surface area contributed by atoms with E-state index < -0.39 is 6.03 Å². The summed E-state index contributed by atoms with van der Waals surface area (Å²) < 4.78 is 10.9. The van der Waals surface area contributed by atoms with Gasteiger partial charge < -0.3 is 19.7 Å². The van der Waals surface area contributed by atoms with E-state index in [9.17, 15) is 9.59 Å². The van der Waals surface area contributed by atoms with Crippen molar-refractivity contribution in [2.45, 2.75) is 43.7 Å². The van der Waals surface area contributed by atoms with Gasteiger partial charge in [-0.05, 0) is 67.5 Å². The zero-order valence-corrected chi connectivity index (χ0v) is 22.3. The minimum atomic E-state index is -0.408. The van der Waals surface area contributed by atoms with Crippen molar-refractivity contribution in [2.24, 2.45) is 5.92 Å². The van der Waals surface area contributed by atoms with E-state index >= 15 is 0 Å². The van der Waals surface area contributed by atoms with Crippen molar-refractivity contribution in [3.8, 4) is 5.75 Å². The lowest BCUT2D eigenvalue weighted by atomic mass is 9.74. The third-order valence-electron chi connectivity index (χ3n) is 8.35. The number of carbonyl (C=O) groups is 2. The third kappa shape index (κ3) is 4.35. The van der Waals surface area contributed by atoms with Crippen molar-refractivity contribution < 1.29 is 19.1 Å². The topological polar surface area (TPSA) is 84.0 Å². The van der Waals surface area contributed by atoms with Gasteiger partial charge in [0.25, 0.3) is 0 Å². The van der Waals surface area contributed by atoms with Crippen LogP contribution in [0.4, 0.5) is 16.2 Å². The number of imide groups is 1. The molecule has 2 aromatic carbocycles. The van der Waals surface area contributed by atoms with Crippen LogP contribution in [0.3, 0.4) is 0 Å². The number of nitrogens with zero attached hydrogens (tertiary/aromatic N) is 3. The molecule has 9 heteroatoms. The van der Waals surface area contributed by atoms with E-state index in [4.69, 9.17) is 21.1 Å². The minimum Gasteiger partial charge on any atom is -0.497 e. The van der Waals surface area contributed by atoms with Crippen LogP contribution in [0.15, 0.2) is 48.8 Å². The van der Waals surface area contributed by atoms with E-state index in [1.165, 1.54) is 4.90 Å². The van der Waals surface area contributed by atoms with Crippen LogP contribution in [0.2, 0.25) is 5.02 Å². The number of hydrogen-bond donors (Lipinski definition) is 1. The molecule has 6 rings (SSSR count). The van der Waals surface area contributed by atoms with Gasteiger partial charge in [0.05, 0.1) is 31.0 Å². The van der Waals surface area contributed by atoms with E-state index in [0.717, 1.165) is 53.7 Å². The molecule has 2 aliphatic heterocycles. The maximum atomic E-state index is 13.8. The van der Waals surface area contributed by atoms with Crippen LogP contribution in [0, 0.1) is 5.92 Å². The molecule has 2 saturated heterocycles. The number of methoxy groups -OCH3 is 2. The zero-order valence-electron chi connectivity index (χ0n) is 21.5. The molecular formula is C29H31ClN4O4. The summed E-state index contributed by atoms with van der Waals surface area (Å²) in [5.41, 5.74) is 2.56. The molecule has 1 aromatic heterocycles. The Morgan fingerprint density at radius 2 is 1.92 bits per heavy atom. The number of rotatable bonds is 5. The Morgan fingerprint density at radius 1 is 1.05 bits per heavy atom. The second-order valence-corrected chi connectivity index (χ2v) is 10.8. The normalized spacial score (nSPS) is 25.4. The molecule has 1 aliphatic carbocycles. The second-order valence-electron chi connectivity index (χ2n) is 10.4. The van der Waals surface area contributed by atoms with Crippen LogP contribution >= 0.6 is 11.6 Å². The monoisotopic (exact) mass is 534 g/mol. The van der Waals surface area contributed by atoms with E-state index in [1.807, 2.05) is 24.3 Å². The minimum absolute atomic E-state index is 0.136. The highest BCUT2D eigenvalue weighted by atomic mass is 35.5. The van der Waals surface area contributed by atoms with E-state index in [0.29, 0.717) is 23.6 Å². The molecule has 1 saturated carbocycles. The van der Waals surface area contributed by atoms with Gasteiger partial charge in [-0.25, -0.2) is 9.69 Å². The summed E-state index contributed by atoms with van der Waals surface area (Å²) in [7, 11) is 3.37. The first-order valence-corrected chi connectivity index (χ1v) is 13.5. The molecule has 3 unspecified atom stereocenters. The van der Waals surface area contributed by atoms with Gasteiger partial charge in [0.15, 0.2) is 0 Å².